The van der Waals surface area contributed by atoms with Gasteiger partial charge in [-0.1, -0.05) is 5.21 Å². The number of hydrogen-bond acceptors (Lipinski definition) is 3. The van der Waals surface area contributed by atoms with Crippen molar-refractivity contribution in [2.24, 2.45) is 5.73 Å². The largest absolute Gasteiger partial charge is 0.325 e. The second-order valence-electron chi connectivity index (χ2n) is 2.95. The molecule has 2 N–H and O–H groups in total. The third-order valence-electron chi connectivity index (χ3n) is 1.90. The molecular formula is C9H8F2N4. The molecule has 0 spiro atoms. The molecule has 0 saturated carbocycles. The molecule has 0 bridgehead atoms. The van der Waals surface area contributed by atoms with Crippen LogP contribution in [-0.2, 0) is 6.54 Å². The number of halogens is 2. The number of rotatable bonds is 2. The molecule has 2 rings (SSSR count). The van der Waals surface area contributed by atoms with E-state index in [4.69, 9.17) is 5.73 Å². The second kappa shape index (κ2) is 3.74. The Bertz CT molecular complexity index is 481. The van der Waals surface area contributed by atoms with Crippen molar-refractivity contribution in [3.8, 4) is 5.69 Å². The van der Waals surface area contributed by atoms with Crippen LogP contribution < -0.4 is 5.73 Å². The molecule has 6 heteroatoms. The van der Waals surface area contributed by atoms with Crippen LogP contribution in [0.3, 0.4) is 0 Å². The van der Waals surface area contributed by atoms with Gasteiger partial charge in [0.25, 0.3) is 0 Å². The lowest BCUT2D eigenvalue weighted by molar-refractivity contribution is 0.584. The van der Waals surface area contributed by atoms with Gasteiger partial charge in [-0.3, -0.25) is 0 Å². The SMILES string of the molecule is NCc1cn(-c2cc(F)ccc2F)nn1. The van der Waals surface area contributed by atoms with E-state index < -0.39 is 11.6 Å². The highest BCUT2D eigenvalue weighted by atomic mass is 19.1. The summed E-state index contributed by atoms with van der Waals surface area (Å²) in [6, 6.07) is 3.12. The van der Waals surface area contributed by atoms with Gasteiger partial charge in [0.1, 0.15) is 17.3 Å². The Morgan fingerprint density at radius 1 is 1.33 bits per heavy atom. The molecule has 0 saturated heterocycles. The lowest BCUT2D eigenvalue weighted by atomic mass is 10.3. The summed E-state index contributed by atoms with van der Waals surface area (Å²) >= 11 is 0. The van der Waals surface area contributed by atoms with Crippen molar-refractivity contribution in [3.63, 3.8) is 0 Å². The zero-order valence-electron chi connectivity index (χ0n) is 7.69. The fraction of sp³-hybridized carbons (Fsp3) is 0.111. The quantitative estimate of drug-likeness (QED) is 0.804. The fourth-order valence-electron chi connectivity index (χ4n) is 1.17. The predicted octanol–water partition coefficient (Wildman–Crippen LogP) is 1.00. The molecular weight excluding hydrogens is 202 g/mol. The van der Waals surface area contributed by atoms with Gasteiger partial charge in [0.15, 0.2) is 0 Å². The summed E-state index contributed by atoms with van der Waals surface area (Å²) in [5, 5.41) is 7.32. The minimum atomic E-state index is -0.565. The molecule has 0 amide bonds. The molecule has 0 unspecified atom stereocenters. The van der Waals surface area contributed by atoms with Gasteiger partial charge in [-0.05, 0) is 12.1 Å². The van der Waals surface area contributed by atoms with E-state index in [1.165, 1.54) is 6.20 Å². The molecule has 0 aliphatic rings. The van der Waals surface area contributed by atoms with Crippen molar-refractivity contribution in [2.75, 3.05) is 0 Å². The zero-order valence-corrected chi connectivity index (χ0v) is 7.69. The van der Waals surface area contributed by atoms with Crippen LogP contribution in [-0.4, -0.2) is 15.0 Å². The first-order valence-electron chi connectivity index (χ1n) is 4.27. The van der Waals surface area contributed by atoms with Crippen molar-refractivity contribution in [1.29, 1.82) is 0 Å². The van der Waals surface area contributed by atoms with E-state index in [1.54, 1.807) is 0 Å². The number of benzene rings is 1. The molecule has 4 nitrogen and oxygen atoms in total. The molecule has 15 heavy (non-hydrogen) atoms. The fourth-order valence-corrected chi connectivity index (χ4v) is 1.17. The molecule has 1 heterocycles. The average molecular weight is 210 g/mol. The van der Waals surface area contributed by atoms with Gasteiger partial charge in [0, 0.05) is 12.6 Å². The maximum atomic E-state index is 13.3. The first-order chi connectivity index (χ1) is 7.20. The number of aromatic nitrogens is 3. The van der Waals surface area contributed by atoms with Crippen LogP contribution in [0.15, 0.2) is 24.4 Å². The summed E-state index contributed by atoms with van der Waals surface area (Å²) in [6.45, 7) is 0.205. The Morgan fingerprint density at radius 3 is 2.80 bits per heavy atom. The Morgan fingerprint density at radius 2 is 2.13 bits per heavy atom. The van der Waals surface area contributed by atoms with Gasteiger partial charge in [-0.25, -0.2) is 13.5 Å². The minimum absolute atomic E-state index is 0.0159. The van der Waals surface area contributed by atoms with Crippen molar-refractivity contribution >= 4 is 0 Å². The first-order valence-corrected chi connectivity index (χ1v) is 4.27. The van der Waals surface area contributed by atoms with E-state index in [0.717, 1.165) is 22.9 Å². The monoisotopic (exact) mass is 210 g/mol. The molecule has 2 aromatic rings. The third kappa shape index (κ3) is 1.84. The predicted molar refractivity (Wildman–Crippen MR) is 49.2 cm³/mol. The topological polar surface area (TPSA) is 56.7 Å². The summed E-state index contributed by atoms with van der Waals surface area (Å²) in [7, 11) is 0. The van der Waals surface area contributed by atoms with E-state index in [2.05, 4.69) is 10.3 Å². The Kier molecular flexibility index (Phi) is 2.42. The Balaban J connectivity index is 2.48. The smallest absolute Gasteiger partial charge is 0.149 e. The van der Waals surface area contributed by atoms with Crippen molar-refractivity contribution in [3.05, 3.63) is 41.7 Å². The molecule has 1 aromatic heterocycles. The second-order valence-corrected chi connectivity index (χ2v) is 2.95. The standard InChI is InChI=1S/C9H8F2N4/c10-6-1-2-8(11)9(3-6)15-5-7(4-12)13-14-15/h1-3,5H,4,12H2. The summed E-state index contributed by atoms with van der Waals surface area (Å²) in [6.07, 6.45) is 1.46. The number of nitrogens with two attached hydrogens (primary N) is 1. The Labute approximate surface area is 84.3 Å². The maximum Gasteiger partial charge on any atom is 0.149 e. The highest BCUT2D eigenvalue weighted by molar-refractivity contribution is 5.32. The number of nitrogens with zero attached hydrogens (tertiary/aromatic N) is 3. The molecule has 1 aromatic carbocycles. The lowest BCUT2D eigenvalue weighted by Crippen LogP contribution is -1.99. The van der Waals surface area contributed by atoms with Crippen LogP contribution in [0.1, 0.15) is 5.69 Å². The molecule has 0 atom stereocenters. The third-order valence-corrected chi connectivity index (χ3v) is 1.90. The summed E-state index contributed by atoms with van der Waals surface area (Å²) < 4.78 is 27.3. The van der Waals surface area contributed by atoms with E-state index in [0.29, 0.717) is 5.69 Å². The average Bonchev–Trinajstić information content (AvgIpc) is 2.70. The lowest BCUT2D eigenvalue weighted by Gasteiger charge is -2.01. The van der Waals surface area contributed by atoms with Crippen LogP contribution in [0.5, 0.6) is 0 Å². The van der Waals surface area contributed by atoms with E-state index >= 15 is 0 Å². The van der Waals surface area contributed by atoms with Gasteiger partial charge in [0.2, 0.25) is 0 Å². The molecule has 0 radical (unpaired) electrons. The van der Waals surface area contributed by atoms with Crippen LogP contribution in [0.4, 0.5) is 8.78 Å². The minimum Gasteiger partial charge on any atom is -0.325 e. The Hall–Kier alpha value is -1.82. The molecule has 0 aliphatic heterocycles. The highest BCUT2D eigenvalue weighted by Gasteiger charge is 2.08. The van der Waals surface area contributed by atoms with E-state index in [1.807, 2.05) is 0 Å². The molecule has 0 aliphatic carbocycles. The molecule has 0 fully saturated rings. The van der Waals surface area contributed by atoms with E-state index in [9.17, 15) is 8.78 Å². The van der Waals surface area contributed by atoms with Gasteiger partial charge >= 0.3 is 0 Å². The maximum absolute atomic E-state index is 13.3. The van der Waals surface area contributed by atoms with E-state index in [-0.39, 0.29) is 12.2 Å². The highest BCUT2D eigenvalue weighted by Crippen LogP contribution is 2.13. The van der Waals surface area contributed by atoms with Crippen LogP contribution in [0.25, 0.3) is 5.69 Å². The normalized spacial score (nSPS) is 10.6. The van der Waals surface area contributed by atoms with Crippen LogP contribution >= 0.6 is 0 Å². The summed E-state index contributed by atoms with van der Waals surface area (Å²) in [5.74, 6) is -1.10. The van der Waals surface area contributed by atoms with Crippen LogP contribution in [0, 0.1) is 11.6 Å². The van der Waals surface area contributed by atoms with Crippen molar-refractivity contribution in [1.82, 2.24) is 15.0 Å². The molecule has 78 valence electrons. The van der Waals surface area contributed by atoms with Gasteiger partial charge < -0.3 is 5.73 Å². The number of hydrogen-bond donors (Lipinski definition) is 1. The van der Waals surface area contributed by atoms with Gasteiger partial charge in [0.05, 0.1) is 11.9 Å². The van der Waals surface area contributed by atoms with Crippen molar-refractivity contribution < 1.29 is 8.78 Å². The van der Waals surface area contributed by atoms with Gasteiger partial charge in [-0.2, -0.15) is 0 Å². The zero-order chi connectivity index (χ0) is 10.8. The van der Waals surface area contributed by atoms with Crippen LogP contribution in [0.2, 0.25) is 0 Å². The summed E-state index contributed by atoms with van der Waals surface area (Å²) in [4.78, 5) is 0. The van der Waals surface area contributed by atoms with Crippen molar-refractivity contribution in [2.45, 2.75) is 6.54 Å². The first kappa shape index (κ1) is 9.72. The summed E-state index contributed by atoms with van der Waals surface area (Å²) in [5.41, 5.74) is 5.85. The van der Waals surface area contributed by atoms with Gasteiger partial charge in [-0.15, -0.1) is 5.10 Å².